The first kappa shape index (κ1) is 19.7. The van der Waals surface area contributed by atoms with Crippen LogP contribution in [-0.4, -0.2) is 17.5 Å². The highest BCUT2D eigenvalue weighted by Gasteiger charge is 2.15. The quantitative estimate of drug-likeness (QED) is 0.459. The molecule has 4 rings (SSSR count). The summed E-state index contributed by atoms with van der Waals surface area (Å²) in [4.78, 5) is 16.7. The SMILES string of the molecule is CC(C)(C)c1ccc(-c2nc3ccc(NC(=O)COc4ccccc4)cc3o2)cc1. The molecule has 30 heavy (non-hydrogen) atoms. The van der Waals surface area contributed by atoms with Crippen LogP contribution in [0.15, 0.2) is 77.2 Å². The number of nitrogens with one attached hydrogen (secondary N) is 1. The van der Waals surface area contributed by atoms with Gasteiger partial charge in [-0.15, -0.1) is 0 Å². The number of aromatic nitrogens is 1. The van der Waals surface area contributed by atoms with E-state index in [0.29, 0.717) is 22.9 Å². The molecule has 5 nitrogen and oxygen atoms in total. The lowest BCUT2D eigenvalue weighted by molar-refractivity contribution is -0.118. The summed E-state index contributed by atoms with van der Waals surface area (Å²) in [5.41, 5.74) is 4.26. The van der Waals surface area contributed by atoms with Gasteiger partial charge in [0, 0.05) is 17.3 Å². The van der Waals surface area contributed by atoms with Crippen LogP contribution in [0, 0.1) is 0 Å². The molecule has 5 heteroatoms. The molecule has 0 radical (unpaired) electrons. The molecule has 3 aromatic carbocycles. The topological polar surface area (TPSA) is 64.4 Å². The van der Waals surface area contributed by atoms with Crippen molar-refractivity contribution in [3.8, 4) is 17.2 Å². The van der Waals surface area contributed by atoms with E-state index in [4.69, 9.17) is 9.15 Å². The zero-order chi connectivity index (χ0) is 21.1. The van der Waals surface area contributed by atoms with Crippen molar-refractivity contribution in [2.24, 2.45) is 0 Å². The maximum Gasteiger partial charge on any atom is 0.262 e. The van der Waals surface area contributed by atoms with Crippen LogP contribution < -0.4 is 10.1 Å². The third kappa shape index (κ3) is 4.51. The summed E-state index contributed by atoms with van der Waals surface area (Å²) in [5.74, 6) is 0.970. The van der Waals surface area contributed by atoms with Crippen molar-refractivity contribution in [2.45, 2.75) is 26.2 Å². The molecule has 0 atom stereocenters. The fraction of sp³-hybridized carbons (Fsp3) is 0.200. The third-order valence-corrected chi connectivity index (χ3v) is 4.78. The van der Waals surface area contributed by atoms with E-state index in [1.54, 1.807) is 12.1 Å². The minimum absolute atomic E-state index is 0.0656. The molecular weight excluding hydrogens is 376 g/mol. The van der Waals surface area contributed by atoms with E-state index in [2.05, 4.69) is 43.2 Å². The molecular formula is C25H24N2O3. The van der Waals surface area contributed by atoms with E-state index in [0.717, 1.165) is 11.1 Å². The van der Waals surface area contributed by atoms with Crippen molar-refractivity contribution in [1.82, 2.24) is 4.98 Å². The molecule has 1 amide bonds. The summed E-state index contributed by atoms with van der Waals surface area (Å²) in [6.45, 7) is 6.48. The molecule has 4 aromatic rings. The Morgan fingerprint density at radius 1 is 1.00 bits per heavy atom. The van der Waals surface area contributed by atoms with Crippen LogP contribution in [-0.2, 0) is 10.2 Å². The number of benzene rings is 3. The molecule has 0 saturated carbocycles. The highest BCUT2D eigenvalue weighted by atomic mass is 16.5. The molecule has 1 heterocycles. The lowest BCUT2D eigenvalue weighted by atomic mass is 9.87. The molecule has 1 aromatic heterocycles. The second-order valence-corrected chi connectivity index (χ2v) is 8.18. The van der Waals surface area contributed by atoms with Crippen LogP contribution in [0.1, 0.15) is 26.3 Å². The Balaban J connectivity index is 1.46. The zero-order valence-corrected chi connectivity index (χ0v) is 17.3. The van der Waals surface area contributed by atoms with Gasteiger partial charge in [-0.1, -0.05) is 51.1 Å². The Kier molecular flexibility index (Phi) is 5.27. The Bertz CT molecular complexity index is 1160. The van der Waals surface area contributed by atoms with Gasteiger partial charge >= 0.3 is 0 Å². The van der Waals surface area contributed by atoms with E-state index in [-0.39, 0.29) is 17.9 Å². The van der Waals surface area contributed by atoms with Crippen LogP contribution in [0.25, 0.3) is 22.6 Å². The number of oxazole rings is 1. The maximum absolute atomic E-state index is 12.2. The lowest BCUT2D eigenvalue weighted by Crippen LogP contribution is -2.20. The number of para-hydroxylation sites is 1. The molecule has 0 unspecified atom stereocenters. The number of hydrogen-bond donors (Lipinski definition) is 1. The van der Waals surface area contributed by atoms with Gasteiger partial charge in [-0.3, -0.25) is 4.79 Å². The summed E-state index contributed by atoms with van der Waals surface area (Å²) in [7, 11) is 0. The van der Waals surface area contributed by atoms with Crippen LogP contribution in [0.5, 0.6) is 5.75 Å². The largest absolute Gasteiger partial charge is 0.484 e. The molecule has 0 saturated heterocycles. The number of carbonyl (C=O) groups is 1. The average Bonchev–Trinajstić information content (AvgIpc) is 3.16. The summed E-state index contributed by atoms with van der Waals surface area (Å²) in [6, 6.07) is 22.9. The van der Waals surface area contributed by atoms with E-state index < -0.39 is 0 Å². The monoisotopic (exact) mass is 400 g/mol. The molecule has 0 aliphatic heterocycles. The molecule has 0 spiro atoms. The number of nitrogens with zero attached hydrogens (tertiary/aromatic N) is 1. The number of anilines is 1. The molecule has 0 bridgehead atoms. The van der Waals surface area contributed by atoms with Crippen LogP contribution in [0.2, 0.25) is 0 Å². The standard InChI is InChI=1S/C25H24N2O3/c1-25(2,3)18-11-9-17(10-12-18)24-27-21-14-13-19(15-22(21)30-24)26-23(28)16-29-20-7-5-4-6-8-20/h4-15H,16H2,1-3H3,(H,26,28). The van der Waals surface area contributed by atoms with Gasteiger partial charge in [-0.05, 0) is 47.4 Å². The van der Waals surface area contributed by atoms with Gasteiger partial charge in [-0.2, -0.15) is 0 Å². The predicted octanol–water partition coefficient (Wildman–Crippen LogP) is 5.81. The van der Waals surface area contributed by atoms with Gasteiger partial charge in [0.15, 0.2) is 12.2 Å². The fourth-order valence-electron chi connectivity index (χ4n) is 3.10. The Morgan fingerprint density at radius 3 is 2.43 bits per heavy atom. The third-order valence-electron chi connectivity index (χ3n) is 4.78. The zero-order valence-electron chi connectivity index (χ0n) is 17.3. The summed E-state index contributed by atoms with van der Waals surface area (Å²) in [6.07, 6.45) is 0. The first-order valence-corrected chi connectivity index (χ1v) is 9.88. The average molecular weight is 400 g/mol. The summed E-state index contributed by atoms with van der Waals surface area (Å²) in [5, 5.41) is 2.83. The van der Waals surface area contributed by atoms with E-state index in [1.165, 1.54) is 5.56 Å². The molecule has 0 fully saturated rings. The Morgan fingerprint density at radius 2 is 1.73 bits per heavy atom. The van der Waals surface area contributed by atoms with Gasteiger partial charge in [0.2, 0.25) is 5.89 Å². The molecule has 1 N–H and O–H groups in total. The highest BCUT2D eigenvalue weighted by molar-refractivity contribution is 5.93. The Labute approximate surface area is 175 Å². The van der Waals surface area contributed by atoms with Crippen molar-refractivity contribution < 1.29 is 13.9 Å². The van der Waals surface area contributed by atoms with Gasteiger partial charge in [0.1, 0.15) is 11.3 Å². The number of fused-ring (bicyclic) bond motifs is 1. The first-order valence-electron chi connectivity index (χ1n) is 9.88. The van der Waals surface area contributed by atoms with Gasteiger partial charge in [-0.25, -0.2) is 4.98 Å². The van der Waals surface area contributed by atoms with Gasteiger partial charge < -0.3 is 14.5 Å². The van der Waals surface area contributed by atoms with Crippen LogP contribution >= 0.6 is 0 Å². The van der Waals surface area contributed by atoms with E-state index in [1.807, 2.05) is 48.5 Å². The lowest BCUT2D eigenvalue weighted by Gasteiger charge is -2.18. The second kappa shape index (κ2) is 8.03. The van der Waals surface area contributed by atoms with Crippen molar-refractivity contribution >= 4 is 22.7 Å². The minimum Gasteiger partial charge on any atom is -0.484 e. The van der Waals surface area contributed by atoms with Crippen LogP contribution in [0.3, 0.4) is 0 Å². The van der Waals surface area contributed by atoms with Crippen molar-refractivity contribution in [3.05, 3.63) is 78.4 Å². The number of hydrogen-bond acceptors (Lipinski definition) is 4. The molecule has 0 aliphatic carbocycles. The van der Waals surface area contributed by atoms with E-state index >= 15 is 0 Å². The van der Waals surface area contributed by atoms with Gasteiger partial charge in [0.25, 0.3) is 5.91 Å². The summed E-state index contributed by atoms with van der Waals surface area (Å²) < 4.78 is 11.4. The van der Waals surface area contributed by atoms with Gasteiger partial charge in [0.05, 0.1) is 0 Å². The number of amides is 1. The minimum atomic E-state index is -0.240. The Hall–Kier alpha value is -3.60. The van der Waals surface area contributed by atoms with Crippen molar-refractivity contribution in [1.29, 1.82) is 0 Å². The number of carbonyl (C=O) groups excluding carboxylic acids is 1. The van der Waals surface area contributed by atoms with Crippen molar-refractivity contribution in [2.75, 3.05) is 11.9 Å². The molecule has 152 valence electrons. The maximum atomic E-state index is 12.2. The second-order valence-electron chi connectivity index (χ2n) is 8.18. The fourth-order valence-corrected chi connectivity index (χ4v) is 3.10. The highest BCUT2D eigenvalue weighted by Crippen LogP contribution is 2.29. The summed E-state index contributed by atoms with van der Waals surface area (Å²) >= 11 is 0. The van der Waals surface area contributed by atoms with Crippen LogP contribution in [0.4, 0.5) is 5.69 Å². The van der Waals surface area contributed by atoms with Crippen molar-refractivity contribution in [3.63, 3.8) is 0 Å². The van der Waals surface area contributed by atoms with E-state index in [9.17, 15) is 4.79 Å². The first-order chi connectivity index (χ1) is 14.4. The number of rotatable bonds is 5. The predicted molar refractivity (Wildman–Crippen MR) is 119 cm³/mol. The molecule has 0 aliphatic rings. The smallest absolute Gasteiger partial charge is 0.262 e. The normalized spacial score (nSPS) is 11.4. The number of ether oxygens (including phenoxy) is 1.